The van der Waals surface area contributed by atoms with Gasteiger partial charge in [0.15, 0.2) is 5.69 Å². The third kappa shape index (κ3) is 4.64. The molecule has 0 saturated heterocycles. The van der Waals surface area contributed by atoms with Crippen LogP contribution in [0.4, 0.5) is 5.82 Å². The number of hydrogen-bond donors (Lipinski definition) is 2. The van der Waals surface area contributed by atoms with E-state index in [0.717, 1.165) is 0 Å². The first-order chi connectivity index (χ1) is 16.0. The molecule has 1 amide bonds. The molecule has 0 radical (unpaired) electrons. The van der Waals surface area contributed by atoms with Crippen molar-refractivity contribution in [2.45, 2.75) is 6.92 Å². The number of halogens is 2. The normalized spacial score (nSPS) is 11.1. The van der Waals surface area contributed by atoms with Crippen LogP contribution in [-0.2, 0) is 0 Å². The molecule has 4 aromatic rings. The number of carbonyl (C=O) groups excluding carboxylic acids is 1. The number of nitrogens with two attached hydrogens (primary N) is 1. The van der Waals surface area contributed by atoms with E-state index in [9.17, 15) is 4.79 Å². The Kier molecular flexibility index (Phi) is 6.52. The molecule has 0 aliphatic rings. The van der Waals surface area contributed by atoms with Crippen LogP contribution in [0.25, 0.3) is 17.1 Å². The molecular weight excluding hydrogens is 471 g/mol. The summed E-state index contributed by atoms with van der Waals surface area (Å²) in [5.41, 5.74) is 9.57. The molecule has 0 aliphatic carbocycles. The first-order valence-electron chi connectivity index (χ1n) is 9.54. The summed E-state index contributed by atoms with van der Waals surface area (Å²) in [5.74, 6) is 0.00623. The number of carbonyl (C=O) groups is 1. The van der Waals surface area contributed by atoms with E-state index >= 15 is 0 Å². The van der Waals surface area contributed by atoms with Crippen LogP contribution in [0.15, 0.2) is 52.2 Å². The molecule has 0 saturated carbocycles. The van der Waals surface area contributed by atoms with Crippen molar-refractivity contribution in [1.29, 1.82) is 0 Å². The molecule has 33 heavy (non-hydrogen) atoms. The van der Waals surface area contributed by atoms with Crippen LogP contribution < -0.4 is 15.9 Å². The number of nitrogens with zero attached hydrogens (tertiary/aromatic N) is 6. The lowest BCUT2D eigenvalue weighted by molar-refractivity contribution is 0.0950. The van der Waals surface area contributed by atoms with Gasteiger partial charge in [-0.15, -0.1) is 5.10 Å². The predicted molar refractivity (Wildman–Crippen MR) is 122 cm³/mol. The van der Waals surface area contributed by atoms with Crippen molar-refractivity contribution in [3.63, 3.8) is 0 Å². The minimum absolute atomic E-state index is 0.0253. The number of aromatic nitrogens is 5. The maximum atomic E-state index is 12.9. The van der Waals surface area contributed by atoms with Crippen molar-refractivity contribution in [1.82, 2.24) is 30.7 Å². The van der Waals surface area contributed by atoms with Gasteiger partial charge >= 0.3 is 0 Å². The van der Waals surface area contributed by atoms with Gasteiger partial charge in [-0.1, -0.05) is 52.7 Å². The third-order valence-electron chi connectivity index (χ3n) is 4.35. The van der Waals surface area contributed by atoms with Gasteiger partial charge in [-0.2, -0.15) is 9.78 Å². The number of nitrogens with one attached hydrogen (secondary N) is 1. The Morgan fingerprint density at radius 1 is 1.27 bits per heavy atom. The molecule has 2 aromatic carbocycles. The molecule has 0 unspecified atom stereocenters. The van der Waals surface area contributed by atoms with Crippen molar-refractivity contribution >= 4 is 41.1 Å². The molecule has 0 atom stereocenters. The second-order valence-corrected chi connectivity index (χ2v) is 7.26. The summed E-state index contributed by atoms with van der Waals surface area (Å²) >= 11 is 12.1. The minimum Gasteiger partial charge on any atom is -0.494 e. The van der Waals surface area contributed by atoms with E-state index in [1.807, 2.05) is 6.92 Å². The quantitative estimate of drug-likeness (QED) is 0.298. The molecule has 0 aliphatic heterocycles. The van der Waals surface area contributed by atoms with Crippen molar-refractivity contribution in [2.75, 3.05) is 12.3 Å². The van der Waals surface area contributed by atoms with E-state index in [4.69, 9.17) is 33.7 Å². The molecule has 3 N–H and O–H groups in total. The molecule has 0 bridgehead atoms. The minimum atomic E-state index is -0.637. The van der Waals surface area contributed by atoms with E-state index in [2.05, 4.69) is 35.8 Å². The molecule has 0 fully saturated rings. The van der Waals surface area contributed by atoms with Crippen LogP contribution in [-0.4, -0.2) is 44.0 Å². The summed E-state index contributed by atoms with van der Waals surface area (Å²) in [4.78, 5) is 12.9. The molecule has 11 nitrogen and oxygen atoms in total. The number of hydrogen-bond acceptors (Lipinski definition) is 9. The SMILES string of the molecule is CCOc1cccc(-c2c(C(=O)N/N=C\c3cccc(Cl)c3Cl)nnn2-c2nonc2N)c1. The van der Waals surface area contributed by atoms with Crippen LogP contribution in [0.5, 0.6) is 5.75 Å². The van der Waals surface area contributed by atoms with Crippen LogP contribution in [0.1, 0.15) is 23.0 Å². The number of benzene rings is 2. The Morgan fingerprint density at radius 2 is 2.09 bits per heavy atom. The molecule has 4 rings (SSSR count). The molecular formula is C20H16Cl2N8O3. The van der Waals surface area contributed by atoms with E-state index in [0.29, 0.717) is 33.5 Å². The summed E-state index contributed by atoms with van der Waals surface area (Å²) in [6.07, 6.45) is 1.37. The highest BCUT2D eigenvalue weighted by atomic mass is 35.5. The lowest BCUT2D eigenvalue weighted by atomic mass is 10.1. The van der Waals surface area contributed by atoms with Crippen molar-refractivity contribution in [3.8, 4) is 22.8 Å². The van der Waals surface area contributed by atoms with Crippen molar-refractivity contribution < 1.29 is 14.2 Å². The molecule has 0 spiro atoms. The number of anilines is 1. The molecule has 13 heteroatoms. The molecule has 2 aromatic heterocycles. The number of amides is 1. The third-order valence-corrected chi connectivity index (χ3v) is 5.18. The lowest BCUT2D eigenvalue weighted by Crippen LogP contribution is -2.19. The van der Waals surface area contributed by atoms with Gasteiger partial charge in [0.05, 0.1) is 22.9 Å². The zero-order chi connectivity index (χ0) is 23.4. The van der Waals surface area contributed by atoms with Gasteiger partial charge in [0.2, 0.25) is 11.6 Å². The second kappa shape index (κ2) is 9.67. The van der Waals surface area contributed by atoms with E-state index in [1.165, 1.54) is 10.9 Å². The fraction of sp³-hybridized carbons (Fsp3) is 0.100. The Labute approximate surface area is 197 Å². The van der Waals surface area contributed by atoms with Gasteiger partial charge in [0.25, 0.3) is 5.91 Å². The average molecular weight is 487 g/mol. The standard InChI is InChI=1S/C20H16Cl2N8O3/c1-2-32-13-7-3-5-11(9-13)17-16(25-29-30(17)19-18(23)27-33-28-19)20(31)26-24-10-12-6-4-8-14(21)15(12)22/h3-10H,2H2,1H3,(H2,23,27)(H,26,31)/b24-10-. The van der Waals surface area contributed by atoms with Gasteiger partial charge in [0.1, 0.15) is 11.4 Å². The predicted octanol–water partition coefficient (Wildman–Crippen LogP) is 3.37. The Bertz CT molecular complexity index is 1330. The summed E-state index contributed by atoms with van der Waals surface area (Å²) < 4.78 is 11.5. The van der Waals surface area contributed by atoms with Gasteiger partial charge < -0.3 is 10.5 Å². The topological polar surface area (TPSA) is 146 Å². The Hall–Kier alpha value is -3.96. The van der Waals surface area contributed by atoms with E-state index in [1.54, 1.807) is 42.5 Å². The Morgan fingerprint density at radius 3 is 2.85 bits per heavy atom. The van der Waals surface area contributed by atoms with Crippen LogP contribution >= 0.6 is 23.2 Å². The number of hydrazone groups is 1. The monoisotopic (exact) mass is 486 g/mol. The largest absolute Gasteiger partial charge is 0.494 e. The Balaban J connectivity index is 1.71. The van der Waals surface area contributed by atoms with Gasteiger partial charge in [-0.25, -0.2) is 10.1 Å². The van der Waals surface area contributed by atoms with Crippen molar-refractivity contribution in [2.24, 2.45) is 5.10 Å². The van der Waals surface area contributed by atoms with Gasteiger partial charge in [0, 0.05) is 11.1 Å². The fourth-order valence-corrected chi connectivity index (χ4v) is 3.27. The highest BCUT2D eigenvalue weighted by Gasteiger charge is 2.25. The maximum Gasteiger partial charge on any atom is 0.294 e. The highest BCUT2D eigenvalue weighted by Crippen LogP contribution is 2.29. The number of ether oxygens (including phenoxy) is 1. The zero-order valence-corrected chi connectivity index (χ0v) is 18.6. The lowest BCUT2D eigenvalue weighted by Gasteiger charge is -2.08. The van der Waals surface area contributed by atoms with Gasteiger partial charge in [-0.05, 0) is 35.4 Å². The molecule has 168 valence electrons. The second-order valence-electron chi connectivity index (χ2n) is 6.47. The van der Waals surface area contributed by atoms with Crippen molar-refractivity contribution in [3.05, 3.63) is 63.8 Å². The van der Waals surface area contributed by atoms with E-state index in [-0.39, 0.29) is 23.0 Å². The zero-order valence-electron chi connectivity index (χ0n) is 17.1. The number of nitrogen functional groups attached to an aromatic ring is 1. The van der Waals surface area contributed by atoms with Crippen LogP contribution in [0.2, 0.25) is 10.0 Å². The maximum absolute atomic E-state index is 12.9. The summed E-state index contributed by atoms with van der Waals surface area (Å²) in [6.45, 7) is 2.33. The summed E-state index contributed by atoms with van der Waals surface area (Å²) in [6, 6.07) is 12.1. The summed E-state index contributed by atoms with van der Waals surface area (Å²) in [5, 5.41) is 20.0. The van der Waals surface area contributed by atoms with E-state index < -0.39 is 5.91 Å². The van der Waals surface area contributed by atoms with Crippen LogP contribution in [0.3, 0.4) is 0 Å². The molecule has 2 heterocycles. The van der Waals surface area contributed by atoms with Crippen LogP contribution in [0, 0.1) is 0 Å². The smallest absolute Gasteiger partial charge is 0.294 e. The fourth-order valence-electron chi connectivity index (χ4n) is 2.91. The van der Waals surface area contributed by atoms with Gasteiger partial charge in [-0.3, -0.25) is 4.79 Å². The highest BCUT2D eigenvalue weighted by molar-refractivity contribution is 6.43. The first kappa shape index (κ1) is 22.2. The first-order valence-corrected chi connectivity index (χ1v) is 10.3. The summed E-state index contributed by atoms with van der Waals surface area (Å²) in [7, 11) is 0. The number of rotatable bonds is 7. The average Bonchev–Trinajstić information content (AvgIpc) is 3.43.